The smallest absolute Gasteiger partial charge is 0.222 e. The zero-order valence-corrected chi connectivity index (χ0v) is 12.1. The molecular weight excluding hydrogens is 248 g/mol. The van der Waals surface area contributed by atoms with Crippen LogP contribution < -0.4 is 5.73 Å². The molecule has 2 fully saturated rings. The maximum atomic E-state index is 12.1. The number of nitrogens with zero attached hydrogens (tertiary/aromatic N) is 1. The third-order valence-electron chi connectivity index (χ3n) is 4.45. The van der Waals surface area contributed by atoms with E-state index in [0.717, 1.165) is 44.8 Å². The molecule has 3 nitrogen and oxygen atoms in total. The van der Waals surface area contributed by atoms with E-state index in [1.807, 2.05) is 0 Å². The number of hydrogen-bond donors (Lipinski definition) is 1. The van der Waals surface area contributed by atoms with Crippen molar-refractivity contribution in [3.05, 3.63) is 0 Å². The van der Waals surface area contributed by atoms with Crippen LogP contribution in [0.2, 0.25) is 0 Å². The Labute approximate surface area is 117 Å². The molecule has 1 amide bonds. The summed E-state index contributed by atoms with van der Waals surface area (Å²) in [5.41, 5.74) is 5.70. The molecule has 1 saturated heterocycles. The van der Waals surface area contributed by atoms with E-state index in [4.69, 9.17) is 5.73 Å². The van der Waals surface area contributed by atoms with Gasteiger partial charge in [0.15, 0.2) is 0 Å². The van der Waals surface area contributed by atoms with Crippen molar-refractivity contribution >= 4 is 18.3 Å². The number of halogens is 1. The Bertz CT molecular complexity index is 254. The minimum atomic E-state index is 0. The van der Waals surface area contributed by atoms with Gasteiger partial charge in [0.25, 0.3) is 0 Å². The van der Waals surface area contributed by atoms with Gasteiger partial charge in [-0.3, -0.25) is 4.79 Å². The average molecular weight is 275 g/mol. The number of rotatable bonds is 4. The van der Waals surface area contributed by atoms with Gasteiger partial charge in [0.1, 0.15) is 0 Å². The van der Waals surface area contributed by atoms with Crippen LogP contribution in [0, 0.1) is 11.8 Å². The summed E-state index contributed by atoms with van der Waals surface area (Å²) in [6, 6.07) is 0. The number of amides is 1. The average Bonchev–Trinajstić information content (AvgIpc) is 2.89. The molecule has 1 atom stereocenters. The molecule has 1 aliphatic heterocycles. The van der Waals surface area contributed by atoms with Crippen molar-refractivity contribution in [2.24, 2.45) is 17.6 Å². The van der Waals surface area contributed by atoms with Gasteiger partial charge in [-0.05, 0) is 37.6 Å². The summed E-state index contributed by atoms with van der Waals surface area (Å²) in [5.74, 6) is 1.74. The van der Waals surface area contributed by atoms with Crippen LogP contribution in [0.15, 0.2) is 0 Å². The van der Waals surface area contributed by atoms with Gasteiger partial charge < -0.3 is 10.6 Å². The van der Waals surface area contributed by atoms with E-state index in [-0.39, 0.29) is 12.4 Å². The molecule has 0 spiro atoms. The molecule has 2 N–H and O–H groups in total. The van der Waals surface area contributed by atoms with Gasteiger partial charge >= 0.3 is 0 Å². The summed E-state index contributed by atoms with van der Waals surface area (Å²) in [6.07, 6.45) is 9.65. The van der Waals surface area contributed by atoms with E-state index in [2.05, 4.69) is 4.90 Å². The first-order valence-electron chi connectivity index (χ1n) is 7.27. The Morgan fingerprint density at radius 1 is 1.11 bits per heavy atom. The number of nitrogens with two attached hydrogens (primary N) is 1. The molecule has 1 aliphatic carbocycles. The second-order valence-corrected chi connectivity index (χ2v) is 5.77. The lowest BCUT2D eigenvalue weighted by molar-refractivity contribution is -0.133. The number of carbonyl (C=O) groups is 1. The molecular formula is C14H27ClN2O. The Hall–Kier alpha value is -0.280. The van der Waals surface area contributed by atoms with Crippen molar-refractivity contribution in [1.29, 1.82) is 0 Å². The molecule has 0 aromatic carbocycles. The van der Waals surface area contributed by atoms with E-state index >= 15 is 0 Å². The van der Waals surface area contributed by atoms with Gasteiger partial charge in [0, 0.05) is 19.5 Å². The van der Waals surface area contributed by atoms with E-state index in [1.54, 1.807) is 0 Å². The third kappa shape index (κ3) is 4.43. The molecule has 1 unspecified atom stereocenters. The molecule has 2 aliphatic rings. The fraction of sp³-hybridized carbons (Fsp3) is 0.929. The minimum absolute atomic E-state index is 0. The lowest BCUT2D eigenvalue weighted by atomic mass is 9.97. The van der Waals surface area contributed by atoms with E-state index < -0.39 is 0 Å². The molecule has 2 rings (SSSR count). The number of piperidine rings is 1. The van der Waals surface area contributed by atoms with Gasteiger partial charge in [-0.25, -0.2) is 0 Å². The Morgan fingerprint density at radius 3 is 2.44 bits per heavy atom. The summed E-state index contributed by atoms with van der Waals surface area (Å²) in [6.45, 7) is 2.59. The SMILES string of the molecule is Cl.NCC1CCCN(C(=O)CCC2CCCC2)C1. The van der Waals surface area contributed by atoms with Crippen molar-refractivity contribution in [2.75, 3.05) is 19.6 Å². The van der Waals surface area contributed by atoms with Crippen LogP contribution in [-0.2, 0) is 4.79 Å². The highest BCUT2D eigenvalue weighted by Gasteiger charge is 2.23. The predicted octanol–water partition coefficient (Wildman–Crippen LogP) is 2.58. The van der Waals surface area contributed by atoms with Crippen molar-refractivity contribution in [2.45, 2.75) is 51.4 Å². The molecule has 1 saturated carbocycles. The van der Waals surface area contributed by atoms with Gasteiger partial charge in [-0.2, -0.15) is 0 Å². The summed E-state index contributed by atoms with van der Waals surface area (Å²) in [7, 11) is 0. The zero-order valence-electron chi connectivity index (χ0n) is 11.3. The molecule has 1 heterocycles. The van der Waals surface area contributed by atoms with Crippen LogP contribution in [0.25, 0.3) is 0 Å². The van der Waals surface area contributed by atoms with E-state index in [1.165, 1.54) is 32.1 Å². The summed E-state index contributed by atoms with van der Waals surface area (Å²) < 4.78 is 0. The molecule has 0 aromatic heterocycles. The Morgan fingerprint density at radius 2 is 1.78 bits per heavy atom. The van der Waals surface area contributed by atoms with Crippen LogP contribution in [0.4, 0.5) is 0 Å². The topological polar surface area (TPSA) is 46.3 Å². The normalized spacial score (nSPS) is 24.9. The monoisotopic (exact) mass is 274 g/mol. The fourth-order valence-electron chi connectivity index (χ4n) is 3.27. The standard InChI is InChI=1S/C14H26N2O.ClH/c15-10-13-6-3-9-16(11-13)14(17)8-7-12-4-1-2-5-12;/h12-13H,1-11,15H2;1H. The Balaban J connectivity index is 0.00000162. The van der Waals surface area contributed by atoms with E-state index in [9.17, 15) is 4.79 Å². The Kier molecular flexibility index (Phi) is 7.02. The number of likely N-dealkylation sites (tertiary alicyclic amines) is 1. The number of hydrogen-bond acceptors (Lipinski definition) is 2. The van der Waals surface area contributed by atoms with Crippen molar-refractivity contribution < 1.29 is 4.79 Å². The van der Waals surface area contributed by atoms with Crippen molar-refractivity contribution in [3.63, 3.8) is 0 Å². The highest BCUT2D eigenvalue weighted by molar-refractivity contribution is 5.85. The molecule has 4 heteroatoms. The quantitative estimate of drug-likeness (QED) is 0.856. The molecule has 0 aromatic rings. The van der Waals surface area contributed by atoms with Gasteiger partial charge in [-0.1, -0.05) is 25.7 Å². The highest BCUT2D eigenvalue weighted by atomic mass is 35.5. The largest absolute Gasteiger partial charge is 0.342 e. The molecule has 18 heavy (non-hydrogen) atoms. The maximum absolute atomic E-state index is 12.1. The second-order valence-electron chi connectivity index (χ2n) is 5.77. The first-order chi connectivity index (χ1) is 8.29. The fourth-order valence-corrected chi connectivity index (χ4v) is 3.27. The third-order valence-corrected chi connectivity index (χ3v) is 4.45. The van der Waals surface area contributed by atoms with Crippen LogP contribution in [-0.4, -0.2) is 30.4 Å². The van der Waals surface area contributed by atoms with Crippen LogP contribution >= 0.6 is 12.4 Å². The first kappa shape index (κ1) is 15.8. The summed E-state index contributed by atoms with van der Waals surface area (Å²) in [5, 5.41) is 0. The highest BCUT2D eigenvalue weighted by Crippen LogP contribution is 2.29. The molecule has 0 bridgehead atoms. The maximum Gasteiger partial charge on any atom is 0.222 e. The summed E-state index contributed by atoms with van der Waals surface area (Å²) in [4.78, 5) is 14.2. The lowest BCUT2D eigenvalue weighted by Crippen LogP contribution is -2.42. The van der Waals surface area contributed by atoms with Gasteiger partial charge in [0.2, 0.25) is 5.91 Å². The van der Waals surface area contributed by atoms with Crippen molar-refractivity contribution in [3.8, 4) is 0 Å². The van der Waals surface area contributed by atoms with E-state index in [0.29, 0.717) is 11.8 Å². The first-order valence-corrected chi connectivity index (χ1v) is 7.27. The lowest BCUT2D eigenvalue weighted by Gasteiger charge is -2.32. The van der Waals surface area contributed by atoms with Gasteiger partial charge in [0.05, 0.1) is 0 Å². The second kappa shape index (κ2) is 8.00. The number of carbonyl (C=O) groups excluding carboxylic acids is 1. The minimum Gasteiger partial charge on any atom is -0.342 e. The zero-order chi connectivity index (χ0) is 12.1. The van der Waals surface area contributed by atoms with Crippen molar-refractivity contribution in [1.82, 2.24) is 4.90 Å². The predicted molar refractivity (Wildman–Crippen MR) is 76.8 cm³/mol. The van der Waals surface area contributed by atoms with Crippen LogP contribution in [0.5, 0.6) is 0 Å². The summed E-state index contributed by atoms with van der Waals surface area (Å²) >= 11 is 0. The van der Waals surface area contributed by atoms with Crippen LogP contribution in [0.3, 0.4) is 0 Å². The van der Waals surface area contributed by atoms with Crippen LogP contribution in [0.1, 0.15) is 51.4 Å². The van der Waals surface area contributed by atoms with Gasteiger partial charge in [-0.15, -0.1) is 12.4 Å². The molecule has 106 valence electrons. The molecule has 0 radical (unpaired) electrons.